The average molecular weight is 421 g/mol. The topological polar surface area (TPSA) is 113 Å². The molecule has 2 rings (SSSR count). The lowest BCUT2D eigenvalue weighted by Gasteiger charge is -2.56. The Kier molecular flexibility index (Phi) is 7.53. The normalized spacial score (nSPS) is 19.9. The van der Waals surface area contributed by atoms with Gasteiger partial charge in [-0.1, -0.05) is 13.8 Å². The van der Waals surface area contributed by atoms with Crippen molar-refractivity contribution in [2.45, 2.75) is 76.8 Å². The minimum Gasteiger partial charge on any atom is -0.464 e. The molecule has 1 heterocycles. The first-order chi connectivity index (χ1) is 14.1. The van der Waals surface area contributed by atoms with Crippen LogP contribution >= 0.6 is 0 Å². The van der Waals surface area contributed by atoms with Gasteiger partial charge in [0.05, 0.1) is 13.2 Å². The maximum atomic E-state index is 13.3. The molecule has 1 aliphatic heterocycles. The number of hydrogen-bond acceptors (Lipinski definition) is 7. The number of fused-ring (bicyclic) bond motifs is 1. The van der Waals surface area contributed by atoms with E-state index < -0.39 is 17.0 Å². The standard InChI is InChI=1S/C23H36N2O5/c1-6-30-21(29)23(7-9-26,8-10-27)25-20-12-17(15(2)3)19(24)11-18(20)16(14-28)13-22(25,4)5/h9,11-12,15-16,27-28H,6-8,10,13-14,24H2,1-5H3. The maximum Gasteiger partial charge on any atom is 0.332 e. The summed E-state index contributed by atoms with van der Waals surface area (Å²) in [6, 6.07) is 3.85. The number of aliphatic hydroxyl groups excluding tert-OH is 2. The van der Waals surface area contributed by atoms with E-state index in [4.69, 9.17) is 10.5 Å². The molecule has 1 aromatic carbocycles. The highest BCUT2D eigenvalue weighted by Crippen LogP contribution is 2.50. The van der Waals surface area contributed by atoms with Crippen molar-refractivity contribution < 1.29 is 24.5 Å². The first-order valence-electron chi connectivity index (χ1n) is 10.7. The third-order valence-corrected chi connectivity index (χ3v) is 6.14. The smallest absolute Gasteiger partial charge is 0.332 e. The molecule has 0 radical (unpaired) electrons. The predicted octanol–water partition coefficient (Wildman–Crippen LogP) is 2.73. The van der Waals surface area contributed by atoms with Gasteiger partial charge in [0.15, 0.2) is 0 Å². The second-order valence-electron chi connectivity index (χ2n) is 9.02. The van der Waals surface area contributed by atoms with Crippen LogP contribution in [0.5, 0.6) is 0 Å². The molecule has 0 aromatic heterocycles. The quantitative estimate of drug-likeness (QED) is 0.320. The summed E-state index contributed by atoms with van der Waals surface area (Å²) in [7, 11) is 0. The summed E-state index contributed by atoms with van der Waals surface area (Å²) in [4.78, 5) is 27.0. The van der Waals surface area contributed by atoms with E-state index in [2.05, 4.69) is 0 Å². The highest BCUT2D eigenvalue weighted by atomic mass is 16.5. The number of nitrogen functional groups attached to an aromatic ring is 1. The van der Waals surface area contributed by atoms with E-state index in [9.17, 15) is 19.8 Å². The average Bonchev–Trinajstić information content (AvgIpc) is 2.66. The Balaban J connectivity index is 2.87. The van der Waals surface area contributed by atoms with E-state index in [1.54, 1.807) is 6.92 Å². The summed E-state index contributed by atoms with van der Waals surface area (Å²) in [6.07, 6.45) is 1.21. The van der Waals surface area contributed by atoms with E-state index in [0.29, 0.717) is 18.4 Å². The van der Waals surface area contributed by atoms with Crippen molar-refractivity contribution in [1.29, 1.82) is 0 Å². The van der Waals surface area contributed by atoms with Gasteiger partial charge in [-0.15, -0.1) is 0 Å². The third kappa shape index (κ3) is 4.18. The number of aldehydes is 1. The van der Waals surface area contributed by atoms with Crippen molar-refractivity contribution in [3.8, 4) is 0 Å². The fraction of sp³-hybridized carbons (Fsp3) is 0.652. The molecule has 168 valence electrons. The third-order valence-electron chi connectivity index (χ3n) is 6.14. The number of hydrogen-bond donors (Lipinski definition) is 3. The summed E-state index contributed by atoms with van der Waals surface area (Å²) in [5.41, 5.74) is 7.55. The van der Waals surface area contributed by atoms with Crippen LogP contribution in [-0.4, -0.2) is 53.4 Å². The van der Waals surface area contributed by atoms with Gasteiger partial charge in [0.1, 0.15) is 11.8 Å². The zero-order chi connectivity index (χ0) is 22.7. The Hall–Kier alpha value is -2.12. The van der Waals surface area contributed by atoms with Crippen molar-refractivity contribution in [3.05, 3.63) is 23.3 Å². The fourth-order valence-corrected chi connectivity index (χ4v) is 4.93. The Labute approximate surface area is 179 Å². The van der Waals surface area contributed by atoms with Crippen molar-refractivity contribution in [2.24, 2.45) is 0 Å². The van der Waals surface area contributed by atoms with E-state index in [1.165, 1.54) is 0 Å². The SMILES string of the molecule is CCOC(=O)C(CC=O)(CCO)N1c2cc(C(C)C)c(N)cc2C(CO)CC1(C)C. The summed E-state index contributed by atoms with van der Waals surface area (Å²) < 4.78 is 5.40. The Morgan fingerprint density at radius 2 is 2.07 bits per heavy atom. The van der Waals surface area contributed by atoms with Gasteiger partial charge < -0.3 is 30.4 Å². The van der Waals surface area contributed by atoms with Gasteiger partial charge in [-0.2, -0.15) is 0 Å². The molecule has 1 aromatic rings. The lowest BCUT2D eigenvalue weighted by atomic mass is 9.73. The van der Waals surface area contributed by atoms with Crippen molar-refractivity contribution >= 4 is 23.6 Å². The number of aliphatic hydroxyl groups is 2. The summed E-state index contributed by atoms with van der Waals surface area (Å²) in [5.74, 6) is -0.536. The van der Waals surface area contributed by atoms with E-state index >= 15 is 0 Å². The summed E-state index contributed by atoms with van der Waals surface area (Å²) in [6.45, 7) is 9.62. The van der Waals surface area contributed by atoms with Crippen LogP contribution in [0, 0.1) is 0 Å². The molecule has 2 atom stereocenters. The number of nitrogens with zero attached hydrogens (tertiary/aromatic N) is 1. The number of nitrogens with two attached hydrogens (primary N) is 1. The van der Waals surface area contributed by atoms with E-state index in [0.717, 1.165) is 16.8 Å². The maximum absolute atomic E-state index is 13.3. The van der Waals surface area contributed by atoms with Crippen LogP contribution in [0.2, 0.25) is 0 Å². The molecule has 1 aliphatic rings. The number of carbonyl (C=O) groups excluding carboxylic acids is 2. The molecule has 7 heteroatoms. The zero-order valence-corrected chi connectivity index (χ0v) is 18.8. The molecule has 7 nitrogen and oxygen atoms in total. The second-order valence-corrected chi connectivity index (χ2v) is 9.02. The van der Waals surface area contributed by atoms with Crippen molar-refractivity contribution in [3.63, 3.8) is 0 Å². The Morgan fingerprint density at radius 3 is 2.57 bits per heavy atom. The number of ether oxygens (including phenoxy) is 1. The number of esters is 1. The lowest BCUT2D eigenvalue weighted by Crippen LogP contribution is -2.66. The molecule has 30 heavy (non-hydrogen) atoms. The lowest BCUT2D eigenvalue weighted by molar-refractivity contribution is -0.152. The van der Waals surface area contributed by atoms with Gasteiger partial charge in [-0.3, -0.25) is 0 Å². The largest absolute Gasteiger partial charge is 0.464 e. The van der Waals surface area contributed by atoms with Gasteiger partial charge in [0.2, 0.25) is 0 Å². The van der Waals surface area contributed by atoms with Crippen LogP contribution in [0.15, 0.2) is 12.1 Å². The fourth-order valence-electron chi connectivity index (χ4n) is 4.93. The van der Waals surface area contributed by atoms with Crippen LogP contribution in [-0.2, 0) is 14.3 Å². The highest BCUT2D eigenvalue weighted by molar-refractivity contribution is 5.90. The van der Waals surface area contributed by atoms with Crippen LogP contribution in [0.4, 0.5) is 11.4 Å². The molecule has 0 spiro atoms. The number of benzene rings is 1. The van der Waals surface area contributed by atoms with Gasteiger partial charge in [0.25, 0.3) is 0 Å². The molecule has 4 N–H and O–H groups in total. The van der Waals surface area contributed by atoms with Crippen molar-refractivity contribution in [2.75, 3.05) is 30.5 Å². The first-order valence-corrected chi connectivity index (χ1v) is 10.7. The molecule has 0 saturated heterocycles. The highest BCUT2D eigenvalue weighted by Gasteiger charge is 2.53. The predicted molar refractivity (Wildman–Crippen MR) is 118 cm³/mol. The van der Waals surface area contributed by atoms with Crippen molar-refractivity contribution in [1.82, 2.24) is 0 Å². The first kappa shape index (κ1) is 24.2. The van der Waals surface area contributed by atoms with Gasteiger partial charge >= 0.3 is 5.97 Å². The number of rotatable bonds is 9. The van der Waals surface area contributed by atoms with Crippen LogP contribution < -0.4 is 10.6 Å². The van der Waals surface area contributed by atoms with Gasteiger partial charge in [-0.25, -0.2) is 4.79 Å². The van der Waals surface area contributed by atoms with Crippen LogP contribution in [0.25, 0.3) is 0 Å². The minimum absolute atomic E-state index is 0.0508. The molecule has 0 fully saturated rings. The monoisotopic (exact) mass is 420 g/mol. The summed E-state index contributed by atoms with van der Waals surface area (Å²) in [5, 5.41) is 20.0. The number of carbonyl (C=O) groups is 2. The van der Waals surface area contributed by atoms with Crippen LogP contribution in [0.1, 0.15) is 76.8 Å². The Bertz CT molecular complexity index is 777. The number of anilines is 2. The molecule has 0 bridgehead atoms. The molecule has 0 saturated carbocycles. The molecular formula is C23H36N2O5. The zero-order valence-electron chi connectivity index (χ0n) is 18.8. The van der Waals surface area contributed by atoms with E-state index in [-0.39, 0.29) is 44.5 Å². The van der Waals surface area contributed by atoms with Crippen LogP contribution in [0.3, 0.4) is 0 Å². The Morgan fingerprint density at radius 1 is 1.40 bits per heavy atom. The molecule has 0 aliphatic carbocycles. The van der Waals surface area contributed by atoms with E-state index in [1.807, 2.05) is 44.7 Å². The molecular weight excluding hydrogens is 384 g/mol. The summed E-state index contributed by atoms with van der Waals surface area (Å²) >= 11 is 0. The molecule has 0 amide bonds. The molecule has 2 unspecified atom stereocenters. The van der Waals surface area contributed by atoms with Gasteiger partial charge in [0, 0.05) is 42.3 Å². The second kappa shape index (κ2) is 9.35. The van der Waals surface area contributed by atoms with Gasteiger partial charge in [-0.05, 0) is 56.4 Å². The minimum atomic E-state index is -1.35.